The van der Waals surface area contributed by atoms with Crippen molar-refractivity contribution in [2.75, 3.05) is 0 Å². The third-order valence-corrected chi connectivity index (χ3v) is 0.850. The Hall–Kier alpha value is 1.04. The van der Waals surface area contributed by atoms with Gasteiger partial charge in [-0.3, -0.25) is 0 Å². The molecule has 0 aromatic rings. The Morgan fingerprint density at radius 1 is 1.22 bits per heavy atom. The first kappa shape index (κ1) is 12.7. The maximum absolute atomic E-state index is 10.7. The zero-order valence-electron chi connectivity index (χ0n) is 3.68. The average Bonchev–Trinajstić information content (AvgIpc) is 1.25. The zero-order valence-corrected chi connectivity index (χ0v) is 7.11. The summed E-state index contributed by atoms with van der Waals surface area (Å²) < 4.78 is 58.9. The van der Waals surface area contributed by atoms with Crippen LogP contribution in [0, 0.1) is 40.4 Å². The van der Waals surface area contributed by atoms with E-state index in [1.165, 1.54) is 0 Å². The van der Waals surface area contributed by atoms with Crippen LogP contribution in [0.1, 0.15) is 0 Å². The molecule has 0 aromatic carbocycles. The number of rotatable bonds is 0. The van der Waals surface area contributed by atoms with Crippen molar-refractivity contribution >= 4 is 10.1 Å². The quantitative estimate of drug-likeness (QED) is 0.469. The fourth-order valence-corrected chi connectivity index (χ4v) is 0. The molecule has 0 atom stereocenters. The van der Waals surface area contributed by atoms with Crippen molar-refractivity contribution in [3.63, 3.8) is 0 Å². The van der Waals surface area contributed by atoms with Crippen molar-refractivity contribution < 1.29 is 66.5 Å². The molecule has 0 heterocycles. The molecule has 0 fully saturated rings. The monoisotopic (exact) mass is 301 g/mol. The molecule has 8 heteroatoms. The normalized spacial score (nSPS) is 12.4. The van der Waals surface area contributed by atoms with Gasteiger partial charge >= 0.3 is 45.9 Å². The van der Waals surface area contributed by atoms with Gasteiger partial charge in [-0.2, -0.15) is 13.2 Å². The number of hydrogen-bond acceptors (Lipinski definition) is 3. The molecule has 0 unspecified atom stereocenters. The third-order valence-electron chi connectivity index (χ3n) is 0.283. The summed E-state index contributed by atoms with van der Waals surface area (Å²) in [6, 6.07) is 0. The van der Waals surface area contributed by atoms with E-state index < -0.39 is 15.6 Å². The van der Waals surface area contributed by atoms with Crippen molar-refractivity contribution in [2.24, 2.45) is 0 Å². The first-order chi connectivity index (χ1) is 3.25. The summed E-state index contributed by atoms with van der Waals surface area (Å²) in [5.41, 5.74) is -5.65. The van der Waals surface area contributed by atoms with Gasteiger partial charge in [0, 0.05) is 0 Å². The molecule has 53 valence electrons. The Morgan fingerprint density at radius 3 is 1.33 bits per heavy atom. The molecule has 0 rings (SSSR count). The van der Waals surface area contributed by atoms with E-state index in [9.17, 15) is 13.2 Å². The molecule has 0 aromatic heterocycles. The summed E-state index contributed by atoms with van der Waals surface area (Å²) in [7, 11) is -6.09. The summed E-state index contributed by atoms with van der Waals surface area (Å²) in [6.07, 6.45) is 0. The molecule has 0 amide bonds. The molecule has 0 saturated carbocycles. The summed E-state index contributed by atoms with van der Waals surface area (Å²) in [5.74, 6) is 0. The van der Waals surface area contributed by atoms with Gasteiger partial charge in [-0.25, -0.2) is 8.42 Å². The topological polar surface area (TPSA) is 57.2 Å². The number of alkyl halides is 3. The van der Waals surface area contributed by atoms with Crippen molar-refractivity contribution in [3.05, 3.63) is 0 Å². The zero-order chi connectivity index (χ0) is 7.00. The van der Waals surface area contributed by atoms with E-state index in [4.69, 9.17) is 13.0 Å². The second-order valence-electron chi connectivity index (χ2n) is 0.900. The van der Waals surface area contributed by atoms with Crippen molar-refractivity contribution in [1.29, 1.82) is 0 Å². The van der Waals surface area contributed by atoms with Gasteiger partial charge in [-0.05, 0) is 0 Å². The van der Waals surface area contributed by atoms with E-state index in [0.29, 0.717) is 0 Å². The van der Waals surface area contributed by atoms with Crippen LogP contribution in [0.15, 0.2) is 0 Å². The smallest absolute Gasteiger partial charge is 0.741 e. The van der Waals surface area contributed by atoms with Crippen LogP contribution < -0.4 is 0 Å². The van der Waals surface area contributed by atoms with Crippen molar-refractivity contribution in [3.8, 4) is 0 Å². The van der Waals surface area contributed by atoms with Gasteiger partial charge in [0.2, 0.25) is 0 Å². The van der Waals surface area contributed by atoms with E-state index in [0.717, 1.165) is 0 Å². The second kappa shape index (κ2) is 3.43. The minimum atomic E-state index is -6.09. The Kier molecular flexibility index (Phi) is 4.84. The Labute approximate surface area is 81.5 Å². The first-order valence-corrected chi connectivity index (χ1v) is 2.68. The van der Waals surface area contributed by atoms with Gasteiger partial charge in [-0.1, -0.05) is 0 Å². The van der Waals surface area contributed by atoms with Crippen LogP contribution in [0.2, 0.25) is 0 Å². The fraction of sp³-hybridized carbons (Fsp3) is 1.00. The predicted octanol–water partition coefficient (Wildman–Crippen LogP) is 0.0514. The Morgan fingerprint density at radius 2 is 1.33 bits per heavy atom. The number of halogens is 3. The SMILES string of the molecule is O=S(=O)([O-])C(F)(F)F.[Sm+3]. The van der Waals surface area contributed by atoms with Crippen molar-refractivity contribution in [1.82, 2.24) is 0 Å². The van der Waals surface area contributed by atoms with Gasteiger partial charge in [0.05, 0.1) is 0 Å². The maximum atomic E-state index is 10.7. The molecular formula is CF3O3SSm+2. The second-order valence-corrected chi connectivity index (χ2v) is 2.27. The first-order valence-electron chi connectivity index (χ1n) is 1.27. The standard InChI is InChI=1S/CHF3O3S.Sm/c2-1(3,4)8(5,6)7;/h(H,5,6,7);/q;+3/p-1. The summed E-state index contributed by atoms with van der Waals surface area (Å²) >= 11 is 0. The Balaban J connectivity index is 0. The fourth-order valence-electron chi connectivity index (χ4n) is 0. The third kappa shape index (κ3) is 4.44. The summed E-state index contributed by atoms with van der Waals surface area (Å²) in [4.78, 5) is 0. The molecule has 0 aliphatic rings. The maximum Gasteiger partial charge on any atom is 3.00 e. The molecular weight excluding hydrogens is 299 g/mol. The van der Waals surface area contributed by atoms with Crippen LogP contribution in [0.25, 0.3) is 0 Å². The van der Waals surface area contributed by atoms with E-state index >= 15 is 0 Å². The largest absolute Gasteiger partial charge is 3.00 e. The minimum Gasteiger partial charge on any atom is -0.741 e. The molecule has 9 heavy (non-hydrogen) atoms. The van der Waals surface area contributed by atoms with Gasteiger partial charge in [-0.15, -0.1) is 0 Å². The van der Waals surface area contributed by atoms with Gasteiger partial charge in [0.1, 0.15) is 0 Å². The molecule has 0 bridgehead atoms. The molecule has 0 aliphatic heterocycles. The van der Waals surface area contributed by atoms with Crippen LogP contribution in [-0.2, 0) is 10.1 Å². The van der Waals surface area contributed by atoms with Gasteiger partial charge in [0.15, 0.2) is 10.1 Å². The minimum absolute atomic E-state index is 0. The number of hydrogen-bond donors (Lipinski definition) is 0. The van der Waals surface area contributed by atoms with Crippen LogP contribution >= 0.6 is 0 Å². The summed E-state index contributed by atoms with van der Waals surface area (Å²) in [5, 5.41) is 0. The van der Waals surface area contributed by atoms with Crippen LogP contribution in [0.5, 0.6) is 0 Å². The van der Waals surface area contributed by atoms with E-state index in [2.05, 4.69) is 0 Å². The van der Waals surface area contributed by atoms with E-state index in [-0.39, 0.29) is 40.4 Å². The Bertz CT molecular complexity index is 168. The molecule has 0 spiro atoms. The molecule has 0 saturated heterocycles. The van der Waals surface area contributed by atoms with E-state index in [1.54, 1.807) is 0 Å². The van der Waals surface area contributed by atoms with Gasteiger partial charge in [0.25, 0.3) is 0 Å². The van der Waals surface area contributed by atoms with Gasteiger partial charge < -0.3 is 4.55 Å². The van der Waals surface area contributed by atoms with Crippen molar-refractivity contribution in [2.45, 2.75) is 5.51 Å². The van der Waals surface area contributed by atoms with E-state index in [1.807, 2.05) is 0 Å². The molecule has 3 nitrogen and oxygen atoms in total. The van der Waals surface area contributed by atoms with Crippen LogP contribution in [0.4, 0.5) is 13.2 Å². The predicted molar refractivity (Wildman–Crippen MR) is 15.8 cm³/mol. The molecule has 0 N–H and O–H groups in total. The molecule has 0 aliphatic carbocycles. The van der Waals surface area contributed by atoms with Crippen LogP contribution in [-0.4, -0.2) is 18.5 Å². The molecule has 1 radical (unpaired) electrons. The van der Waals surface area contributed by atoms with Crippen LogP contribution in [0.3, 0.4) is 0 Å². The average molecular weight is 299 g/mol. The summed E-state index contributed by atoms with van der Waals surface area (Å²) in [6.45, 7) is 0.